The van der Waals surface area contributed by atoms with Crippen LogP contribution in [0.25, 0.3) is 0 Å². The molecule has 0 amide bonds. The molecule has 0 saturated carbocycles. The molecule has 1 N–H and O–H groups in total. The van der Waals surface area contributed by atoms with Gasteiger partial charge in [-0.25, -0.2) is 0 Å². The van der Waals surface area contributed by atoms with E-state index in [2.05, 4.69) is 26.1 Å². The van der Waals surface area contributed by atoms with E-state index in [1.807, 2.05) is 0 Å². The molecule has 3 atom stereocenters. The van der Waals surface area contributed by atoms with Crippen molar-refractivity contribution in [3.8, 4) is 0 Å². The average Bonchev–Trinajstić information content (AvgIpc) is 2.77. The molecular weight excluding hydrogens is 274 g/mol. The van der Waals surface area contributed by atoms with Gasteiger partial charge in [0, 0.05) is 26.2 Å². The standard InChI is InChI=1S/C14H29N3O2S/c1-4-15-8-14-6-5-7-16(11-14)20(18,19)17-9-12(2)13(3)10-17/h12-15H,4-11H2,1-3H3. The van der Waals surface area contributed by atoms with Crippen molar-refractivity contribution in [2.75, 3.05) is 39.3 Å². The van der Waals surface area contributed by atoms with Gasteiger partial charge >= 0.3 is 0 Å². The van der Waals surface area contributed by atoms with Crippen LogP contribution in [0.5, 0.6) is 0 Å². The summed E-state index contributed by atoms with van der Waals surface area (Å²) < 4.78 is 28.9. The van der Waals surface area contributed by atoms with Crippen molar-refractivity contribution in [1.29, 1.82) is 0 Å². The Bertz CT molecular complexity index is 403. The lowest BCUT2D eigenvalue weighted by atomic mass is 10.00. The van der Waals surface area contributed by atoms with Crippen LogP contribution in [0.3, 0.4) is 0 Å². The Hall–Kier alpha value is -0.170. The predicted octanol–water partition coefficient (Wildman–Crippen LogP) is 1.14. The highest BCUT2D eigenvalue weighted by Gasteiger charge is 2.39. The van der Waals surface area contributed by atoms with Crippen LogP contribution < -0.4 is 5.32 Å². The summed E-state index contributed by atoms with van der Waals surface area (Å²) >= 11 is 0. The fraction of sp³-hybridized carbons (Fsp3) is 1.00. The molecule has 118 valence electrons. The highest BCUT2D eigenvalue weighted by molar-refractivity contribution is 7.86. The largest absolute Gasteiger partial charge is 0.317 e. The summed E-state index contributed by atoms with van der Waals surface area (Å²) in [4.78, 5) is 0. The van der Waals surface area contributed by atoms with Crippen molar-refractivity contribution >= 4 is 10.2 Å². The molecule has 0 aromatic heterocycles. The molecule has 2 heterocycles. The summed E-state index contributed by atoms with van der Waals surface area (Å²) in [6.45, 7) is 11.0. The molecule has 2 aliphatic heterocycles. The predicted molar refractivity (Wildman–Crippen MR) is 81.7 cm³/mol. The SMILES string of the molecule is CCNCC1CCCN(S(=O)(=O)N2CC(C)C(C)C2)C1. The molecule has 0 aliphatic carbocycles. The summed E-state index contributed by atoms with van der Waals surface area (Å²) in [5.74, 6) is 1.38. The summed E-state index contributed by atoms with van der Waals surface area (Å²) in [5, 5.41) is 3.34. The highest BCUT2D eigenvalue weighted by atomic mass is 32.2. The molecule has 2 rings (SSSR count). The molecular formula is C14H29N3O2S. The summed E-state index contributed by atoms with van der Waals surface area (Å²) in [6.07, 6.45) is 2.11. The van der Waals surface area contributed by atoms with Gasteiger partial charge in [-0.15, -0.1) is 0 Å². The zero-order valence-corrected chi connectivity index (χ0v) is 13.8. The molecule has 0 aromatic carbocycles. The van der Waals surface area contributed by atoms with Crippen molar-refractivity contribution in [3.05, 3.63) is 0 Å². The Kier molecular flexibility index (Phi) is 5.45. The molecule has 3 unspecified atom stereocenters. The minimum absolute atomic E-state index is 0.455. The van der Waals surface area contributed by atoms with Gasteiger partial charge in [0.15, 0.2) is 0 Å². The fourth-order valence-corrected chi connectivity index (χ4v) is 5.11. The number of nitrogens with zero attached hydrogens (tertiary/aromatic N) is 2. The second-order valence-electron chi connectivity index (χ2n) is 6.45. The van der Waals surface area contributed by atoms with E-state index in [4.69, 9.17) is 0 Å². The third-order valence-electron chi connectivity index (χ3n) is 4.77. The fourth-order valence-electron chi connectivity index (χ4n) is 3.18. The summed E-state index contributed by atoms with van der Waals surface area (Å²) in [5.41, 5.74) is 0. The number of rotatable bonds is 5. The smallest absolute Gasteiger partial charge is 0.282 e. The molecule has 0 aromatic rings. The van der Waals surface area contributed by atoms with Crippen molar-refractivity contribution < 1.29 is 8.42 Å². The quantitative estimate of drug-likeness (QED) is 0.829. The maximum atomic E-state index is 12.7. The van der Waals surface area contributed by atoms with Crippen LogP contribution in [-0.2, 0) is 10.2 Å². The molecule has 2 aliphatic rings. The molecule has 2 fully saturated rings. The Morgan fingerprint density at radius 2 is 1.75 bits per heavy atom. The van der Waals surface area contributed by atoms with Gasteiger partial charge in [-0.1, -0.05) is 20.8 Å². The van der Waals surface area contributed by atoms with Crippen molar-refractivity contribution in [2.45, 2.75) is 33.6 Å². The van der Waals surface area contributed by atoms with E-state index in [-0.39, 0.29) is 0 Å². The van der Waals surface area contributed by atoms with Gasteiger partial charge in [0.25, 0.3) is 10.2 Å². The van der Waals surface area contributed by atoms with Crippen LogP contribution in [0.2, 0.25) is 0 Å². The first-order valence-corrected chi connectivity index (χ1v) is 9.30. The summed E-state index contributed by atoms with van der Waals surface area (Å²) in [6, 6.07) is 0. The number of piperidine rings is 1. The second-order valence-corrected chi connectivity index (χ2v) is 8.38. The lowest BCUT2D eigenvalue weighted by Crippen LogP contribution is -2.48. The van der Waals surface area contributed by atoms with E-state index in [9.17, 15) is 8.42 Å². The third-order valence-corrected chi connectivity index (χ3v) is 6.71. The first-order chi connectivity index (χ1) is 9.45. The van der Waals surface area contributed by atoms with E-state index >= 15 is 0 Å². The maximum absolute atomic E-state index is 12.7. The Morgan fingerprint density at radius 3 is 2.35 bits per heavy atom. The minimum atomic E-state index is -3.25. The molecule has 0 bridgehead atoms. The maximum Gasteiger partial charge on any atom is 0.282 e. The average molecular weight is 303 g/mol. The van der Waals surface area contributed by atoms with E-state index in [0.717, 1.165) is 25.9 Å². The Balaban J connectivity index is 1.98. The van der Waals surface area contributed by atoms with Gasteiger partial charge in [0.1, 0.15) is 0 Å². The monoisotopic (exact) mass is 303 g/mol. The van der Waals surface area contributed by atoms with Crippen LogP contribution in [0.15, 0.2) is 0 Å². The Labute approximate surface area is 123 Å². The van der Waals surface area contributed by atoms with E-state index in [1.54, 1.807) is 8.61 Å². The lowest BCUT2D eigenvalue weighted by Gasteiger charge is -2.34. The lowest BCUT2D eigenvalue weighted by molar-refractivity contribution is 0.246. The number of hydrogen-bond donors (Lipinski definition) is 1. The second kappa shape index (κ2) is 6.73. The van der Waals surface area contributed by atoms with Crippen LogP contribution in [0.4, 0.5) is 0 Å². The topological polar surface area (TPSA) is 52.7 Å². The summed E-state index contributed by atoms with van der Waals surface area (Å²) in [7, 11) is -3.25. The van der Waals surface area contributed by atoms with Gasteiger partial charge in [0.2, 0.25) is 0 Å². The molecule has 5 nitrogen and oxygen atoms in total. The van der Waals surface area contributed by atoms with E-state index in [1.165, 1.54) is 0 Å². The zero-order chi connectivity index (χ0) is 14.8. The Morgan fingerprint density at radius 1 is 1.10 bits per heavy atom. The van der Waals surface area contributed by atoms with Gasteiger partial charge in [-0.3, -0.25) is 0 Å². The van der Waals surface area contributed by atoms with Crippen molar-refractivity contribution in [1.82, 2.24) is 13.9 Å². The van der Waals surface area contributed by atoms with Crippen molar-refractivity contribution in [2.24, 2.45) is 17.8 Å². The number of nitrogens with one attached hydrogen (secondary N) is 1. The molecule has 20 heavy (non-hydrogen) atoms. The van der Waals surface area contributed by atoms with Gasteiger partial charge in [0.05, 0.1) is 0 Å². The van der Waals surface area contributed by atoms with Gasteiger partial charge < -0.3 is 5.32 Å². The normalized spacial score (nSPS) is 33.6. The van der Waals surface area contributed by atoms with E-state index in [0.29, 0.717) is 43.9 Å². The van der Waals surface area contributed by atoms with Crippen LogP contribution in [0.1, 0.15) is 33.6 Å². The first kappa shape index (κ1) is 16.2. The third kappa shape index (κ3) is 3.53. The van der Waals surface area contributed by atoms with Crippen LogP contribution in [-0.4, -0.2) is 56.3 Å². The van der Waals surface area contributed by atoms with Gasteiger partial charge in [-0.05, 0) is 43.7 Å². The minimum Gasteiger partial charge on any atom is -0.317 e. The molecule has 0 radical (unpaired) electrons. The number of hydrogen-bond acceptors (Lipinski definition) is 3. The zero-order valence-electron chi connectivity index (χ0n) is 13.0. The molecule has 0 spiro atoms. The first-order valence-electron chi connectivity index (χ1n) is 7.91. The van der Waals surface area contributed by atoms with Crippen LogP contribution in [0, 0.1) is 17.8 Å². The van der Waals surface area contributed by atoms with Gasteiger partial charge in [-0.2, -0.15) is 17.0 Å². The molecule has 6 heteroatoms. The van der Waals surface area contributed by atoms with E-state index < -0.39 is 10.2 Å². The van der Waals surface area contributed by atoms with Crippen LogP contribution >= 0.6 is 0 Å². The highest BCUT2D eigenvalue weighted by Crippen LogP contribution is 2.28. The van der Waals surface area contributed by atoms with Crippen molar-refractivity contribution in [3.63, 3.8) is 0 Å². The molecule has 2 saturated heterocycles.